The van der Waals surface area contributed by atoms with Crippen LogP contribution < -0.4 is 10.6 Å². The van der Waals surface area contributed by atoms with Gasteiger partial charge in [-0.1, -0.05) is 39.8 Å². The van der Waals surface area contributed by atoms with E-state index in [9.17, 15) is 28.0 Å². The molecule has 2 aromatic carbocycles. The maximum atomic E-state index is 13.5. The number of nitrogens with one attached hydrogen (secondary N) is 1. The van der Waals surface area contributed by atoms with E-state index >= 15 is 0 Å². The summed E-state index contributed by atoms with van der Waals surface area (Å²) in [5.41, 5.74) is 6.19. The van der Waals surface area contributed by atoms with Crippen LogP contribution in [0.3, 0.4) is 0 Å². The molecule has 0 radical (unpaired) electrons. The Hall–Kier alpha value is -4.37. The molecule has 1 atom stereocenters. The Bertz CT molecular complexity index is 1410. The summed E-state index contributed by atoms with van der Waals surface area (Å²) in [5, 5.41) is 18.4. The number of methoxy groups -OCH3 is 1. The summed E-state index contributed by atoms with van der Waals surface area (Å²) in [4.78, 5) is 28.0. The number of halogens is 3. The van der Waals surface area contributed by atoms with Gasteiger partial charge in [0.25, 0.3) is 0 Å². The number of esters is 1. The highest BCUT2D eigenvalue weighted by Gasteiger charge is 2.44. The van der Waals surface area contributed by atoms with Gasteiger partial charge < -0.3 is 15.0 Å². The largest absolute Gasteiger partial charge is 0.466 e. The summed E-state index contributed by atoms with van der Waals surface area (Å²) >= 11 is 0. The maximum Gasteiger partial charge on any atom is 0.416 e. The average Bonchev–Trinajstić information content (AvgIpc) is 2.97. The number of primary amides is 1. The first-order valence-electron chi connectivity index (χ1n) is 14.4. The van der Waals surface area contributed by atoms with Gasteiger partial charge in [-0.05, 0) is 54.8 Å². The minimum absolute atomic E-state index is 0.0766. The van der Waals surface area contributed by atoms with Crippen molar-refractivity contribution in [1.29, 1.82) is 10.7 Å². The maximum absolute atomic E-state index is 13.5. The van der Waals surface area contributed by atoms with E-state index in [0.717, 1.165) is 35.6 Å². The van der Waals surface area contributed by atoms with Crippen LogP contribution in [0.25, 0.3) is 0 Å². The normalized spacial score (nSPS) is 15.0. The number of guanidine groups is 1. The van der Waals surface area contributed by atoms with E-state index in [0.29, 0.717) is 34.0 Å². The van der Waals surface area contributed by atoms with Crippen molar-refractivity contribution in [2.45, 2.75) is 59.7 Å². The minimum Gasteiger partial charge on any atom is -0.466 e. The Morgan fingerprint density at radius 1 is 1.09 bits per heavy atom. The molecule has 0 saturated carbocycles. The molecule has 1 aliphatic heterocycles. The van der Waals surface area contributed by atoms with Crippen LogP contribution in [0, 0.1) is 16.7 Å². The molecule has 2 aromatic rings. The molecule has 0 bridgehead atoms. The summed E-state index contributed by atoms with van der Waals surface area (Å²) in [6.07, 6.45) is -3.47. The molecule has 9 nitrogen and oxygen atoms in total. The molecule has 2 amide bonds. The second-order valence-corrected chi connectivity index (χ2v) is 10.5. The van der Waals surface area contributed by atoms with Crippen molar-refractivity contribution in [1.82, 2.24) is 4.90 Å². The van der Waals surface area contributed by atoms with E-state index in [2.05, 4.69) is 6.07 Å². The minimum atomic E-state index is -4.66. The number of hydrogen-bond donors (Lipinski definition) is 2. The van der Waals surface area contributed by atoms with E-state index < -0.39 is 35.7 Å². The van der Waals surface area contributed by atoms with E-state index in [4.69, 9.17) is 15.9 Å². The lowest BCUT2D eigenvalue weighted by Crippen LogP contribution is -2.55. The van der Waals surface area contributed by atoms with Gasteiger partial charge in [-0.3, -0.25) is 15.2 Å². The summed E-state index contributed by atoms with van der Waals surface area (Å²) in [5.74, 6) is -1.39. The fourth-order valence-electron chi connectivity index (χ4n) is 4.77. The number of carbonyl (C=O) groups excluding carboxylic acids is 2. The molecule has 0 aromatic heterocycles. The highest BCUT2D eigenvalue weighted by atomic mass is 19.4. The number of quaternary nitrogens is 1. The highest BCUT2D eigenvalue weighted by molar-refractivity contribution is 6.10. The fourth-order valence-corrected chi connectivity index (χ4v) is 4.77. The van der Waals surface area contributed by atoms with Crippen LogP contribution in [0.4, 0.5) is 23.7 Å². The third kappa shape index (κ3) is 8.83. The van der Waals surface area contributed by atoms with Crippen molar-refractivity contribution in [3.05, 3.63) is 76.0 Å². The molecule has 0 aliphatic carbocycles. The van der Waals surface area contributed by atoms with Gasteiger partial charge in [-0.15, -0.1) is 0 Å². The standard InChI is InChI=1S/C28H31F3N6O3.2C2H6/c1-17-23(25(38)40-5)24(22-12-11-18(16-32)14-19(22)8-7-13-37(2,3)4)36(27(34)39)26(33)35(17)21-10-6-9-20(15-21)28(29,30)31;2*1-2/h6,9-12,14-15,24,33H,7-8,13H2,1-5H3,(H-,34,39);2*1-2H3/p+1/t24-;;/m1../s1. The molecule has 240 valence electrons. The fraction of sp³-hybridized carbons (Fsp3) is 0.438. The van der Waals surface area contributed by atoms with Crippen molar-refractivity contribution in [3.8, 4) is 6.07 Å². The first-order chi connectivity index (χ1) is 20.6. The molecule has 1 heterocycles. The van der Waals surface area contributed by atoms with Gasteiger partial charge in [0.15, 0.2) is 0 Å². The predicted molar refractivity (Wildman–Crippen MR) is 166 cm³/mol. The summed E-state index contributed by atoms with van der Waals surface area (Å²) in [7, 11) is 7.25. The molecule has 0 spiro atoms. The van der Waals surface area contributed by atoms with Crippen molar-refractivity contribution in [2.75, 3.05) is 39.7 Å². The lowest BCUT2D eigenvalue weighted by Gasteiger charge is -2.43. The smallest absolute Gasteiger partial charge is 0.416 e. The average molecular weight is 618 g/mol. The third-order valence-electron chi connectivity index (χ3n) is 6.61. The Morgan fingerprint density at radius 3 is 2.20 bits per heavy atom. The van der Waals surface area contributed by atoms with Crippen LogP contribution in [0.1, 0.15) is 69.3 Å². The Morgan fingerprint density at radius 2 is 1.70 bits per heavy atom. The molecule has 0 fully saturated rings. The molecule has 3 rings (SSSR count). The first kappa shape index (κ1) is 37.7. The van der Waals surface area contributed by atoms with Gasteiger partial charge >= 0.3 is 18.2 Å². The van der Waals surface area contributed by atoms with Crippen molar-refractivity contribution >= 4 is 23.6 Å². The molecule has 1 aliphatic rings. The molecular formula is C32H44F3N6O3+. The van der Waals surface area contributed by atoms with Crippen LogP contribution in [-0.4, -0.2) is 62.1 Å². The molecule has 0 saturated heterocycles. The second kappa shape index (κ2) is 15.9. The van der Waals surface area contributed by atoms with E-state index in [1.165, 1.54) is 25.1 Å². The topological polar surface area (TPSA) is 124 Å². The van der Waals surface area contributed by atoms with Crippen LogP contribution in [0.5, 0.6) is 0 Å². The number of urea groups is 1. The van der Waals surface area contributed by atoms with E-state index in [1.807, 2.05) is 48.8 Å². The van der Waals surface area contributed by atoms with Crippen LogP contribution in [0.2, 0.25) is 0 Å². The lowest BCUT2D eigenvalue weighted by molar-refractivity contribution is -0.870. The number of nitrogens with two attached hydrogens (primary N) is 1. The second-order valence-electron chi connectivity index (χ2n) is 10.5. The quantitative estimate of drug-likeness (QED) is 0.268. The number of benzene rings is 2. The Balaban J connectivity index is 0.00000232. The predicted octanol–water partition coefficient (Wildman–Crippen LogP) is 6.59. The van der Waals surface area contributed by atoms with Crippen molar-refractivity contribution < 1.29 is 32.0 Å². The van der Waals surface area contributed by atoms with Gasteiger partial charge in [0.05, 0.1) is 57.6 Å². The van der Waals surface area contributed by atoms with Crippen LogP contribution in [0.15, 0.2) is 53.7 Å². The molecule has 44 heavy (non-hydrogen) atoms. The number of nitrogens with zero attached hydrogens (tertiary/aromatic N) is 4. The number of nitriles is 1. The number of aryl methyl sites for hydroxylation is 1. The van der Waals surface area contributed by atoms with Gasteiger partial charge in [0.1, 0.15) is 6.04 Å². The van der Waals surface area contributed by atoms with Crippen molar-refractivity contribution in [2.24, 2.45) is 5.73 Å². The third-order valence-corrected chi connectivity index (χ3v) is 6.61. The molecular weight excluding hydrogens is 573 g/mol. The molecule has 12 heteroatoms. The van der Waals surface area contributed by atoms with Gasteiger partial charge in [-0.25, -0.2) is 9.59 Å². The van der Waals surface area contributed by atoms with Crippen LogP contribution >= 0.6 is 0 Å². The SMILES string of the molecule is CC.CC.COC(=O)C1=C(C)N(c2cccc(C(F)(F)F)c2)C(=N)N(C(N)=O)[C@@H]1c1ccc(C#N)cc1CCC[N+](C)(C)C. The number of hydrogen-bond acceptors (Lipinski definition) is 5. The number of rotatable bonds is 7. The van der Waals surface area contributed by atoms with Crippen molar-refractivity contribution in [3.63, 3.8) is 0 Å². The zero-order chi connectivity index (χ0) is 34.0. The highest BCUT2D eigenvalue weighted by Crippen LogP contribution is 2.42. The number of ether oxygens (including phenoxy) is 1. The van der Waals surface area contributed by atoms with Crippen LogP contribution in [-0.2, 0) is 22.1 Å². The Labute approximate surface area is 258 Å². The number of carbonyl (C=O) groups is 2. The number of anilines is 1. The zero-order valence-electron chi connectivity index (χ0n) is 27.0. The summed E-state index contributed by atoms with van der Waals surface area (Å²) < 4.78 is 46.2. The lowest BCUT2D eigenvalue weighted by atomic mass is 9.87. The van der Waals surface area contributed by atoms with Gasteiger partial charge in [0.2, 0.25) is 5.96 Å². The van der Waals surface area contributed by atoms with Gasteiger partial charge in [-0.2, -0.15) is 18.4 Å². The number of allylic oxidation sites excluding steroid dienone is 1. The molecule has 0 unspecified atom stereocenters. The summed E-state index contributed by atoms with van der Waals surface area (Å²) in [6, 6.07) is 8.79. The monoisotopic (exact) mass is 617 g/mol. The van der Waals surface area contributed by atoms with Gasteiger partial charge in [0, 0.05) is 17.8 Å². The zero-order valence-corrected chi connectivity index (χ0v) is 27.0. The van der Waals surface area contributed by atoms with E-state index in [-0.39, 0.29) is 17.0 Å². The summed E-state index contributed by atoms with van der Waals surface area (Å²) in [6.45, 7) is 10.3. The Kier molecular flexibility index (Phi) is 13.6. The first-order valence-corrected chi connectivity index (χ1v) is 14.4. The molecule has 3 N–H and O–H groups in total. The van der Waals surface area contributed by atoms with E-state index in [1.54, 1.807) is 12.1 Å². The number of amides is 2. The number of alkyl halides is 3.